The largest absolute Gasteiger partial charge is 0.422 e. The summed E-state index contributed by atoms with van der Waals surface area (Å²) in [5, 5.41) is 2.80. The quantitative estimate of drug-likeness (QED) is 0.287. The standard InChI is InChI=1S/C8H6ClNO2/c9-7-8(11)12-6-4-2-1-3-5(6)10-7/h1-4,7,10H. The molecule has 1 aliphatic heterocycles. The Hall–Kier alpha value is -1.22. The maximum absolute atomic E-state index is 10.9. The van der Waals surface area contributed by atoms with Crippen molar-refractivity contribution >= 4 is 23.3 Å². The molecule has 1 N–H and O–H groups in total. The van der Waals surface area contributed by atoms with Crippen molar-refractivity contribution in [2.75, 3.05) is 5.32 Å². The minimum atomic E-state index is -0.778. The number of carbonyl (C=O) groups excluding carboxylic acids is 1. The molecule has 1 unspecified atom stereocenters. The smallest absolute Gasteiger partial charge is 0.349 e. The highest BCUT2D eigenvalue weighted by atomic mass is 35.5. The summed E-state index contributed by atoms with van der Waals surface area (Å²) in [5.41, 5.74) is -0.0306. The molecule has 0 aromatic heterocycles. The summed E-state index contributed by atoms with van der Waals surface area (Å²) >= 11 is 5.61. The number of alkyl halides is 1. The van der Waals surface area contributed by atoms with E-state index < -0.39 is 11.5 Å². The van der Waals surface area contributed by atoms with E-state index in [1.54, 1.807) is 18.2 Å². The first-order chi connectivity index (χ1) is 5.77. The van der Waals surface area contributed by atoms with E-state index >= 15 is 0 Å². The molecule has 1 aliphatic rings. The van der Waals surface area contributed by atoms with Gasteiger partial charge in [0.2, 0.25) is 5.50 Å². The third-order valence-electron chi connectivity index (χ3n) is 1.59. The number of benzene rings is 1. The number of halogens is 1. The minimum absolute atomic E-state index is 0.463. The number of hydrogen-bond acceptors (Lipinski definition) is 3. The summed E-state index contributed by atoms with van der Waals surface area (Å²) in [5.74, 6) is 0.0646. The molecule has 0 saturated heterocycles. The van der Waals surface area contributed by atoms with Crippen LogP contribution in [0.25, 0.3) is 0 Å². The maximum atomic E-state index is 10.9. The fraction of sp³-hybridized carbons (Fsp3) is 0.125. The molecule has 4 heteroatoms. The molecule has 3 nitrogen and oxygen atoms in total. The van der Waals surface area contributed by atoms with Gasteiger partial charge in [0.05, 0.1) is 5.69 Å². The summed E-state index contributed by atoms with van der Waals surface area (Å²) in [6.45, 7) is 0. The SMILES string of the molecule is O=C1Oc2ccccc2NC1Cl. The summed E-state index contributed by atoms with van der Waals surface area (Å²) in [4.78, 5) is 10.9. The van der Waals surface area contributed by atoms with Gasteiger partial charge in [0, 0.05) is 0 Å². The molecule has 62 valence electrons. The Balaban J connectivity index is 2.40. The van der Waals surface area contributed by atoms with E-state index in [-0.39, 0.29) is 0 Å². The van der Waals surface area contributed by atoms with E-state index in [1.165, 1.54) is 0 Å². The van der Waals surface area contributed by atoms with Crippen LogP contribution in [-0.2, 0) is 4.79 Å². The van der Waals surface area contributed by atoms with Crippen LogP contribution in [0.4, 0.5) is 5.69 Å². The Morgan fingerprint density at radius 1 is 1.42 bits per heavy atom. The molecule has 0 aliphatic carbocycles. The lowest BCUT2D eigenvalue weighted by molar-refractivity contribution is -0.133. The lowest BCUT2D eigenvalue weighted by atomic mass is 10.2. The number of para-hydroxylation sites is 2. The van der Waals surface area contributed by atoms with Gasteiger partial charge in [0.1, 0.15) is 0 Å². The summed E-state index contributed by atoms with van der Waals surface area (Å²) in [6.07, 6.45) is 0. The average molecular weight is 184 g/mol. The average Bonchev–Trinajstić information content (AvgIpc) is 2.07. The van der Waals surface area contributed by atoms with Crippen molar-refractivity contribution in [2.45, 2.75) is 5.50 Å². The molecule has 0 saturated carbocycles. The topological polar surface area (TPSA) is 38.3 Å². The van der Waals surface area contributed by atoms with E-state index in [2.05, 4.69) is 5.32 Å². The Bertz CT molecular complexity index is 327. The van der Waals surface area contributed by atoms with Gasteiger partial charge in [-0.15, -0.1) is 0 Å². The molecule has 12 heavy (non-hydrogen) atoms. The highest BCUT2D eigenvalue weighted by molar-refractivity contribution is 6.31. The third kappa shape index (κ3) is 1.12. The molecule has 1 atom stereocenters. The van der Waals surface area contributed by atoms with Crippen LogP contribution in [0.2, 0.25) is 0 Å². The van der Waals surface area contributed by atoms with Crippen LogP contribution in [0.5, 0.6) is 5.75 Å². The van der Waals surface area contributed by atoms with Crippen LogP contribution in [0.1, 0.15) is 0 Å². The Morgan fingerprint density at radius 3 is 3.00 bits per heavy atom. The van der Waals surface area contributed by atoms with E-state index in [4.69, 9.17) is 16.3 Å². The van der Waals surface area contributed by atoms with Crippen LogP contribution in [-0.4, -0.2) is 11.5 Å². The molecular weight excluding hydrogens is 178 g/mol. The van der Waals surface area contributed by atoms with Crippen molar-refractivity contribution in [3.05, 3.63) is 24.3 Å². The van der Waals surface area contributed by atoms with Crippen molar-refractivity contribution < 1.29 is 9.53 Å². The predicted octanol–water partition coefficient (Wildman–Crippen LogP) is 1.58. The minimum Gasteiger partial charge on any atom is -0.422 e. The van der Waals surface area contributed by atoms with Crippen molar-refractivity contribution in [2.24, 2.45) is 0 Å². The van der Waals surface area contributed by atoms with Gasteiger partial charge in [-0.2, -0.15) is 0 Å². The van der Waals surface area contributed by atoms with E-state index in [0.717, 1.165) is 5.69 Å². The Morgan fingerprint density at radius 2 is 2.17 bits per heavy atom. The third-order valence-corrected chi connectivity index (χ3v) is 1.87. The molecule has 1 aromatic rings. The van der Waals surface area contributed by atoms with Gasteiger partial charge in [-0.25, -0.2) is 4.79 Å². The zero-order valence-corrected chi connectivity index (χ0v) is 6.84. The summed E-state index contributed by atoms with van der Waals surface area (Å²) in [6, 6.07) is 7.15. The first-order valence-corrected chi connectivity index (χ1v) is 3.92. The predicted molar refractivity (Wildman–Crippen MR) is 45.3 cm³/mol. The zero-order valence-electron chi connectivity index (χ0n) is 6.08. The first kappa shape index (κ1) is 7.43. The Labute approximate surface area is 74.3 Å². The van der Waals surface area contributed by atoms with Crippen molar-refractivity contribution in [1.82, 2.24) is 0 Å². The fourth-order valence-corrected chi connectivity index (χ4v) is 1.19. The molecule has 2 rings (SSSR count). The lowest BCUT2D eigenvalue weighted by Gasteiger charge is -2.20. The summed E-state index contributed by atoms with van der Waals surface area (Å²) < 4.78 is 4.91. The van der Waals surface area contributed by atoms with Gasteiger partial charge in [0.25, 0.3) is 0 Å². The second-order valence-electron chi connectivity index (χ2n) is 2.42. The highest BCUT2D eigenvalue weighted by Gasteiger charge is 2.24. The van der Waals surface area contributed by atoms with Gasteiger partial charge in [-0.3, -0.25) is 0 Å². The number of fused-ring (bicyclic) bond motifs is 1. The molecule has 0 amide bonds. The molecule has 0 radical (unpaired) electrons. The second-order valence-corrected chi connectivity index (χ2v) is 2.86. The fourth-order valence-electron chi connectivity index (χ4n) is 1.03. The van der Waals surface area contributed by atoms with Gasteiger partial charge in [-0.05, 0) is 12.1 Å². The maximum Gasteiger partial charge on any atom is 0.349 e. The van der Waals surface area contributed by atoms with Gasteiger partial charge in [-0.1, -0.05) is 23.7 Å². The van der Waals surface area contributed by atoms with Crippen LogP contribution >= 0.6 is 11.6 Å². The number of rotatable bonds is 0. The number of nitrogens with one attached hydrogen (secondary N) is 1. The summed E-state index contributed by atoms with van der Waals surface area (Å²) in [7, 11) is 0. The molecule has 0 bridgehead atoms. The first-order valence-electron chi connectivity index (χ1n) is 3.49. The molecule has 0 fully saturated rings. The second kappa shape index (κ2) is 2.68. The zero-order chi connectivity index (χ0) is 8.55. The van der Waals surface area contributed by atoms with Gasteiger partial charge < -0.3 is 10.1 Å². The Kier molecular flexibility index (Phi) is 1.66. The van der Waals surface area contributed by atoms with E-state index in [1.807, 2.05) is 6.07 Å². The number of hydrogen-bond donors (Lipinski definition) is 1. The van der Waals surface area contributed by atoms with Gasteiger partial charge >= 0.3 is 5.97 Å². The number of ether oxygens (including phenoxy) is 1. The van der Waals surface area contributed by atoms with Crippen molar-refractivity contribution in [3.8, 4) is 5.75 Å². The van der Waals surface area contributed by atoms with E-state index in [0.29, 0.717) is 5.75 Å². The van der Waals surface area contributed by atoms with Gasteiger partial charge in [0.15, 0.2) is 5.75 Å². The van der Waals surface area contributed by atoms with Crippen LogP contribution < -0.4 is 10.1 Å². The van der Waals surface area contributed by atoms with Crippen molar-refractivity contribution in [1.29, 1.82) is 0 Å². The monoisotopic (exact) mass is 183 g/mol. The van der Waals surface area contributed by atoms with Crippen LogP contribution in [0, 0.1) is 0 Å². The van der Waals surface area contributed by atoms with Crippen LogP contribution in [0.3, 0.4) is 0 Å². The number of carbonyl (C=O) groups is 1. The van der Waals surface area contributed by atoms with Crippen molar-refractivity contribution in [3.63, 3.8) is 0 Å². The molecule has 1 aromatic carbocycles. The number of esters is 1. The lowest BCUT2D eigenvalue weighted by Crippen LogP contribution is -2.32. The number of anilines is 1. The molecule has 1 heterocycles. The van der Waals surface area contributed by atoms with Crippen LogP contribution in [0.15, 0.2) is 24.3 Å². The van der Waals surface area contributed by atoms with E-state index in [9.17, 15) is 4.79 Å². The normalized spacial score (nSPS) is 20.8. The molecule has 0 spiro atoms. The highest BCUT2D eigenvalue weighted by Crippen LogP contribution is 2.29. The molecular formula is C8H6ClNO2.